The van der Waals surface area contributed by atoms with Gasteiger partial charge in [-0.1, -0.05) is 6.07 Å². The predicted molar refractivity (Wildman–Crippen MR) is 133 cm³/mol. The number of carbonyl (C=O) groups is 1. The van der Waals surface area contributed by atoms with Crippen molar-refractivity contribution in [3.63, 3.8) is 0 Å². The van der Waals surface area contributed by atoms with E-state index in [0.29, 0.717) is 28.3 Å². The Labute approximate surface area is 206 Å². The van der Waals surface area contributed by atoms with E-state index in [4.69, 9.17) is 15.2 Å². The summed E-state index contributed by atoms with van der Waals surface area (Å²) >= 11 is 0. The van der Waals surface area contributed by atoms with Gasteiger partial charge in [0.25, 0.3) is 0 Å². The van der Waals surface area contributed by atoms with Crippen molar-refractivity contribution in [1.82, 2.24) is 9.55 Å². The fourth-order valence-electron chi connectivity index (χ4n) is 4.46. The number of anilines is 1. The van der Waals surface area contributed by atoms with Crippen LogP contribution in [0.4, 0.5) is 14.5 Å². The van der Waals surface area contributed by atoms with E-state index in [1.54, 1.807) is 30.6 Å². The Morgan fingerprint density at radius 2 is 2.00 bits per heavy atom. The van der Waals surface area contributed by atoms with Gasteiger partial charge in [0.2, 0.25) is 11.7 Å². The van der Waals surface area contributed by atoms with Crippen LogP contribution in [0.25, 0.3) is 16.7 Å². The first-order valence-corrected chi connectivity index (χ1v) is 11.8. The lowest BCUT2D eigenvalue weighted by molar-refractivity contribution is 0.0699. The molecule has 0 bridgehead atoms. The highest BCUT2D eigenvalue weighted by atomic mass is 19.2. The molecule has 36 heavy (non-hydrogen) atoms. The summed E-state index contributed by atoms with van der Waals surface area (Å²) in [6.45, 7) is 4.00. The minimum atomic E-state index is -1.06. The largest absolute Gasteiger partial charge is 0.454 e. The molecule has 0 aliphatic carbocycles. The van der Waals surface area contributed by atoms with E-state index in [-0.39, 0.29) is 5.75 Å². The highest BCUT2D eigenvalue weighted by Crippen LogP contribution is 2.34. The van der Waals surface area contributed by atoms with Gasteiger partial charge in [-0.2, -0.15) is 4.39 Å². The molecule has 0 atom stereocenters. The number of benzene rings is 3. The zero-order valence-electron chi connectivity index (χ0n) is 19.8. The second-order valence-electron chi connectivity index (χ2n) is 8.91. The second-order valence-corrected chi connectivity index (χ2v) is 8.91. The third-order valence-electron chi connectivity index (χ3n) is 6.44. The summed E-state index contributed by atoms with van der Waals surface area (Å²) in [6, 6.07) is 12.6. The van der Waals surface area contributed by atoms with Gasteiger partial charge in [0.15, 0.2) is 11.6 Å². The van der Waals surface area contributed by atoms with Crippen molar-refractivity contribution in [1.29, 1.82) is 0 Å². The van der Waals surface area contributed by atoms with Crippen molar-refractivity contribution in [3.05, 3.63) is 77.6 Å². The number of halogens is 2. The lowest BCUT2D eigenvalue weighted by Gasteiger charge is -2.23. The Morgan fingerprint density at radius 3 is 2.75 bits per heavy atom. The lowest BCUT2D eigenvalue weighted by Crippen LogP contribution is -2.22. The van der Waals surface area contributed by atoms with Crippen LogP contribution in [0, 0.1) is 24.5 Å². The number of hydrogen-bond acceptors (Lipinski definition) is 5. The number of ether oxygens (including phenoxy) is 2. The number of aryl methyl sites for hydroxylation is 1. The summed E-state index contributed by atoms with van der Waals surface area (Å²) in [6.07, 6.45) is 3.59. The average Bonchev–Trinajstić information content (AvgIpc) is 3.30. The van der Waals surface area contributed by atoms with E-state index in [2.05, 4.69) is 10.3 Å². The number of imidazole rings is 1. The van der Waals surface area contributed by atoms with Crippen LogP contribution in [-0.4, -0.2) is 35.2 Å². The summed E-state index contributed by atoms with van der Waals surface area (Å²) in [5.74, 6) is -1.97. The number of hydrogen-bond donors (Lipinski definition) is 2. The number of fused-ring (bicyclic) bond motifs is 1. The van der Waals surface area contributed by atoms with Crippen molar-refractivity contribution in [2.75, 3.05) is 25.1 Å². The molecule has 4 aromatic rings. The van der Waals surface area contributed by atoms with E-state index >= 15 is 0 Å². The minimum absolute atomic E-state index is 0.211. The van der Waals surface area contributed by atoms with E-state index < -0.39 is 17.5 Å². The molecule has 7 nitrogen and oxygen atoms in total. The molecule has 0 spiro atoms. The lowest BCUT2D eigenvalue weighted by atomic mass is 10.0. The first-order valence-electron chi connectivity index (χ1n) is 11.8. The number of aromatic nitrogens is 2. The third kappa shape index (κ3) is 4.74. The van der Waals surface area contributed by atoms with Gasteiger partial charge in [0, 0.05) is 43.1 Å². The van der Waals surface area contributed by atoms with Gasteiger partial charge in [-0.15, -0.1) is 0 Å². The maximum atomic E-state index is 14.3. The van der Waals surface area contributed by atoms with E-state index in [1.807, 2.05) is 17.6 Å². The Bertz CT molecular complexity index is 1430. The number of primary amides is 1. The minimum Gasteiger partial charge on any atom is -0.454 e. The summed E-state index contributed by atoms with van der Waals surface area (Å²) in [5, 5.41) is 3.47. The van der Waals surface area contributed by atoms with Gasteiger partial charge in [0.1, 0.15) is 17.6 Å². The molecule has 3 N–H and O–H groups in total. The Kier molecular flexibility index (Phi) is 6.56. The molecule has 5 rings (SSSR count). The molecule has 0 radical (unpaired) electrons. The van der Waals surface area contributed by atoms with Gasteiger partial charge >= 0.3 is 0 Å². The molecular weight excluding hydrogens is 466 g/mol. The smallest absolute Gasteiger partial charge is 0.248 e. The third-order valence-corrected chi connectivity index (χ3v) is 6.44. The topological polar surface area (TPSA) is 91.4 Å². The number of carbonyl (C=O) groups excluding carboxylic acids is 1. The molecule has 1 amide bonds. The Hall–Kier alpha value is -3.98. The Morgan fingerprint density at radius 1 is 1.19 bits per heavy atom. The van der Waals surface area contributed by atoms with Crippen LogP contribution in [0.2, 0.25) is 0 Å². The van der Waals surface area contributed by atoms with Crippen LogP contribution in [0.15, 0.2) is 54.9 Å². The molecule has 1 fully saturated rings. The molecule has 0 saturated carbocycles. The SMILES string of the molecule is Cc1cc(-n2cnc3c(NCC4CCOCC4)cc(Oc4cccc(F)c4F)cc32)ccc1C(N)=O. The van der Waals surface area contributed by atoms with Crippen LogP contribution >= 0.6 is 0 Å². The predicted octanol–water partition coefficient (Wildman–Crippen LogP) is 5.34. The normalized spacial score (nSPS) is 14.2. The highest BCUT2D eigenvalue weighted by Gasteiger charge is 2.18. The molecular formula is C27H26F2N4O3. The Balaban J connectivity index is 1.56. The van der Waals surface area contributed by atoms with Crippen LogP contribution in [0.3, 0.4) is 0 Å². The standard InChI is InChI=1S/C27H26F2N4O3/c1-16-11-18(5-6-20(16)27(30)34)33-15-32-26-22(31-14-17-7-9-35-10-8-17)12-19(13-23(26)33)36-24-4-2-3-21(28)25(24)29/h2-6,11-13,15,17,31H,7-10,14H2,1H3,(H2,30,34). The molecule has 1 aromatic heterocycles. The van der Waals surface area contributed by atoms with Crippen molar-refractivity contribution in [2.24, 2.45) is 11.7 Å². The van der Waals surface area contributed by atoms with Crippen molar-refractivity contribution in [2.45, 2.75) is 19.8 Å². The number of nitrogens with zero attached hydrogens (tertiary/aromatic N) is 2. The zero-order valence-corrected chi connectivity index (χ0v) is 19.8. The van der Waals surface area contributed by atoms with Gasteiger partial charge in [-0.25, -0.2) is 9.37 Å². The van der Waals surface area contributed by atoms with Crippen LogP contribution in [0.1, 0.15) is 28.8 Å². The second kappa shape index (κ2) is 9.94. The molecule has 0 unspecified atom stereocenters. The maximum Gasteiger partial charge on any atom is 0.248 e. The summed E-state index contributed by atoms with van der Waals surface area (Å²) in [7, 11) is 0. The number of amides is 1. The van der Waals surface area contributed by atoms with Crippen molar-refractivity contribution in [3.8, 4) is 17.2 Å². The van der Waals surface area contributed by atoms with Crippen molar-refractivity contribution < 1.29 is 23.0 Å². The molecule has 1 aliphatic heterocycles. The fourth-order valence-corrected chi connectivity index (χ4v) is 4.46. The fraction of sp³-hybridized carbons (Fsp3) is 0.259. The molecule has 1 aliphatic rings. The maximum absolute atomic E-state index is 14.3. The van der Waals surface area contributed by atoms with E-state index in [9.17, 15) is 13.6 Å². The summed E-state index contributed by atoms with van der Waals surface area (Å²) in [4.78, 5) is 16.3. The van der Waals surface area contributed by atoms with E-state index in [1.165, 1.54) is 12.1 Å². The van der Waals surface area contributed by atoms with Gasteiger partial charge in [-0.3, -0.25) is 9.36 Å². The van der Waals surface area contributed by atoms with E-state index in [0.717, 1.165) is 55.6 Å². The summed E-state index contributed by atoms with van der Waals surface area (Å²) in [5.41, 5.74) is 9.51. The number of nitrogens with one attached hydrogen (secondary N) is 1. The molecule has 1 saturated heterocycles. The zero-order chi connectivity index (χ0) is 25.2. The van der Waals surface area contributed by atoms with Crippen LogP contribution < -0.4 is 15.8 Å². The van der Waals surface area contributed by atoms with Gasteiger partial charge in [0.05, 0.1) is 11.2 Å². The molecule has 2 heterocycles. The quantitative estimate of drug-likeness (QED) is 0.363. The highest BCUT2D eigenvalue weighted by molar-refractivity contribution is 5.95. The molecule has 9 heteroatoms. The number of nitrogens with two attached hydrogens (primary N) is 1. The molecule has 3 aromatic carbocycles. The monoisotopic (exact) mass is 492 g/mol. The van der Waals surface area contributed by atoms with Gasteiger partial charge in [-0.05, 0) is 61.6 Å². The van der Waals surface area contributed by atoms with Crippen LogP contribution in [0.5, 0.6) is 11.5 Å². The summed E-state index contributed by atoms with van der Waals surface area (Å²) < 4.78 is 41.2. The van der Waals surface area contributed by atoms with Crippen molar-refractivity contribution >= 4 is 22.6 Å². The van der Waals surface area contributed by atoms with Crippen LogP contribution in [-0.2, 0) is 4.74 Å². The van der Waals surface area contributed by atoms with Gasteiger partial charge < -0.3 is 20.5 Å². The first kappa shape index (κ1) is 23.7. The number of rotatable bonds is 7. The first-order chi connectivity index (χ1) is 17.4. The average molecular weight is 493 g/mol. The molecule has 186 valence electrons.